The standard InChI is InChI=1S/C19H11FN4O4/c20-12-2-4-13(5-3-12)24-17(25)8-6-14(22-24)19-21-18(23-28-19)11-1-7-15-16(9-11)27-10-26-15/h1-9H,10H2. The van der Waals surface area contributed by atoms with E-state index >= 15 is 0 Å². The first-order valence-corrected chi connectivity index (χ1v) is 8.28. The van der Waals surface area contributed by atoms with E-state index in [1.807, 2.05) is 0 Å². The van der Waals surface area contributed by atoms with E-state index in [2.05, 4.69) is 15.2 Å². The van der Waals surface area contributed by atoms with Gasteiger partial charge in [0.15, 0.2) is 11.5 Å². The van der Waals surface area contributed by atoms with Gasteiger partial charge >= 0.3 is 0 Å². The van der Waals surface area contributed by atoms with Crippen molar-refractivity contribution < 1.29 is 18.4 Å². The molecule has 4 aromatic rings. The van der Waals surface area contributed by atoms with Crippen LogP contribution < -0.4 is 15.0 Å². The molecule has 0 unspecified atom stereocenters. The molecule has 2 aromatic heterocycles. The minimum Gasteiger partial charge on any atom is -0.454 e. The van der Waals surface area contributed by atoms with Crippen molar-refractivity contribution in [3.8, 4) is 40.2 Å². The van der Waals surface area contributed by atoms with Gasteiger partial charge in [0, 0.05) is 11.6 Å². The molecular formula is C19H11FN4O4. The molecule has 0 radical (unpaired) electrons. The molecule has 5 rings (SSSR count). The molecule has 3 heterocycles. The van der Waals surface area contributed by atoms with Gasteiger partial charge in [0.2, 0.25) is 12.6 Å². The fourth-order valence-electron chi connectivity index (χ4n) is 2.77. The fourth-order valence-corrected chi connectivity index (χ4v) is 2.77. The van der Waals surface area contributed by atoms with Crippen molar-refractivity contribution in [3.63, 3.8) is 0 Å². The van der Waals surface area contributed by atoms with Crippen molar-refractivity contribution in [3.05, 3.63) is 70.8 Å². The molecular weight excluding hydrogens is 367 g/mol. The third kappa shape index (κ3) is 2.78. The molecule has 1 aliphatic heterocycles. The van der Waals surface area contributed by atoms with E-state index in [0.717, 1.165) is 4.68 Å². The summed E-state index contributed by atoms with van der Waals surface area (Å²) in [5, 5.41) is 8.21. The number of rotatable bonds is 3. The summed E-state index contributed by atoms with van der Waals surface area (Å²) in [7, 11) is 0. The summed E-state index contributed by atoms with van der Waals surface area (Å²) < 4.78 is 30.2. The smallest absolute Gasteiger partial charge is 0.278 e. The topological polar surface area (TPSA) is 92.3 Å². The van der Waals surface area contributed by atoms with Crippen molar-refractivity contribution >= 4 is 0 Å². The van der Waals surface area contributed by atoms with Gasteiger partial charge in [-0.25, -0.2) is 4.39 Å². The Morgan fingerprint density at radius 3 is 2.64 bits per heavy atom. The summed E-state index contributed by atoms with van der Waals surface area (Å²) in [5.74, 6) is 1.34. The van der Waals surface area contributed by atoms with Crippen LogP contribution in [-0.2, 0) is 0 Å². The molecule has 28 heavy (non-hydrogen) atoms. The average Bonchev–Trinajstić information content (AvgIpc) is 3.38. The predicted octanol–water partition coefficient (Wildman–Crippen LogP) is 2.82. The molecule has 9 heteroatoms. The summed E-state index contributed by atoms with van der Waals surface area (Å²) in [6, 6.07) is 13.5. The summed E-state index contributed by atoms with van der Waals surface area (Å²) in [5.41, 5.74) is 1.05. The van der Waals surface area contributed by atoms with Gasteiger partial charge in [0.05, 0.1) is 5.69 Å². The molecule has 0 bridgehead atoms. The average molecular weight is 378 g/mol. The second kappa shape index (κ2) is 6.31. The van der Waals surface area contributed by atoms with Crippen molar-refractivity contribution in [2.45, 2.75) is 0 Å². The van der Waals surface area contributed by atoms with E-state index in [4.69, 9.17) is 14.0 Å². The second-order valence-corrected chi connectivity index (χ2v) is 5.94. The summed E-state index contributed by atoms with van der Waals surface area (Å²) in [6.07, 6.45) is 0. The van der Waals surface area contributed by atoms with Gasteiger partial charge in [0.1, 0.15) is 11.5 Å². The van der Waals surface area contributed by atoms with Crippen LogP contribution >= 0.6 is 0 Å². The zero-order valence-corrected chi connectivity index (χ0v) is 14.2. The largest absolute Gasteiger partial charge is 0.454 e. The fraction of sp³-hybridized carbons (Fsp3) is 0.0526. The van der Waals surface area contributed by atoms with E-state index in [0.29, 0.717) is 34.3 Å². The lowest BCUT2D eigenvalue weighted by Crippen LogP contribution is -2.20. The first kappa shape index (κ1) is 16.2. The van der Waals surface area contributed by atoms with Crippen molar-refractivity contribution in [2.24, 2.45) is 0 Å². The van der Waals surface area contributed by atoms with Crippen LogP contribution in [0.4, 0.5) is 4.39 Å². The number of benzene rings is 2. The van der Waals surface area contributed by atoms with Crippen LogP contribution in [-0.4, -0.2) is 26.7 Å². The number of aromatic nitrogens is 4. The first-order chi connectivity index (χ1) is 13.7. The molecule has 0 spiro atoms. The van der Waals surface area contributed by atoms with Crippen LogP contribution in [0.1, 0.15) is 0 Å². The van der Waals surface area contributed by atoms with E-state index in [-0.39, 0.29) is 18.2 Å². The maximum absolute atomic E-state index is 13.1. The van der Waals surface area contributed by atoms with Crippen LogP contribution in [0.15, 0.2) is 63.9 Å². The Morgan fingerprint density at radius 2 is 1.79 bits per heavy atom. The maximum atomic E-state index is 13.1. The Labute approximate surface area is 156 Å². The summed E-state index contributed by atoms with van der Waals surface area (Å²) >= 11 is 0. The van der Waals surface area contributed by atoms with Crippen molar-refractivity contribution in [1.82, 2.24) is 19.9 Å². The van der Waals surface area contributed by atoms with Gasteiger partial charge in [0.25, 0.3) is 11.4 Å². The maximum Gasteiger partial charge on any atom is 0.278 e. The number of nitrogens with zero attached hydrogens (tertiary/aromatic N) is 4. The van der Waals surface area contributed by atoms with Gasteiger partial charge in [-0.1, -0.05) is 5.16 Å². The Kier molecular flexibility index (Phi) is 3.64. The summed E-state index contributed by atoms with van der Waals surface area (Å²) in [6.45, 7) is 0.172. The van der Waals surface area contributed by atoms with Crippen molar-refractivity contribution in [2.75, 3.05) is 6.79 Å². The Morgan fingerprint density at radius 1 is 0.964 bits per heavy atom. The second-order valence-electron chi connectivity index (χ2n) is 5.94. The number of halogens is 1. The van der Waals surface area contributed by atoms with E-state index in [1.54, 1.807) is 18.2 Å². The van der Waals surface area contributed by atoms with Crippen LogP contribution in [0, 0.1) is 5.82 Å². The Balaban J connectivity index is 1.51. The number of hydrogen-bond acceptors (Lipinski definition) is 7. The van der Waals surface area contributed by atoms with E-state index in [1.165, 1.54) is 36.4 Å². The van der Waals surface area contributed by atoms with Gasteiger partial charge in [-0.05, 0) is 48.5 Å². The predicted molar refractivity (Wildman–Crippen MR) is 94.6 cm³/mol. The SMILES string of the molecule is O=c1ccc(-c2nc(-c3ccc4c(c3)OCO4)no2)nn1-c1ccc(F)cc1. The Hall–Kier alpha value is -4.01. The molecule has 0 saturated carbocycles. The number of fused-ring (bicyclic) bond motifs is 1. The third-order valence-electron chi connectivity index (χ3n) is 4.15. The number of ether oxygens (including phenoxy) is 2. The highest BCUT2D eigenvalue weighted by atomic mass is 19.1. The van der Waals surface area contributed by atoms with Gasteiger partial charge in [-0.15, -0.1) is 0 Å². The molecule has 138 valence electrons. The zero-order chi connectivity index (χ0) is 19.1. The van der Waals surface area contributed by atoms with E-state index in [9.17, 15) is 9.18 Å². The molecule has 0 fully saturated rings. The lowest BCUT2D eigenvalue weighted by molar-refractivity contribution is 0.174. The molecule has 0 aliphatic carbocycles. The molecule has 2 aromatic carbocycles. The highest BCUT2D eigenvalue weighted by Gasteiger charge is 2.18. The van der Waals surface area contributed by atoms with Gasteiger partial charge < -0.3 is 14.0 Å². The first-order valence-electron chi connectivity index (χ1n) is 8.28. The third-order valence-corrected chi connectivity index (χ3v) is 4.15. The highest BCUT2D eigenvalue weighted by molar-refractivity contribution is 5.62. The van der Waals surface area contributed by atoms with Crippen molar-refractivity contribution in [1.29, 1.82) is 0 Å². The summed E-state index contributed by atoms with van der Waals surface area (Å²) in [4.78, 5) is 16.5. The van der Waals surface area contributed by atoms with Crippen LogP contribution in [0.3, 0.4) is 0 Å². The lowest BCUT2D eigenvalue weighted by atomic mass is 10.2. The lowest BCUT2D eigenvalue weighted by Gasteiger charge is -2.04. The molecule has 8 nitrogen and oxygen atoms in total. The van der Waals surface area contributed by atoms with Crippen LogP contribution in [0.25, 0.3) is 28.7 Å². The molecule has 1 aliphatic rings. The molecule has 0 N–H and O–H groups in total. The van der Waals surface area contributed by atoms with Crippen LogP contribution in [0.5, 0.6) is 11.5 Å². The minimum absolute atomic E-state index is 0.142. The zero-order valence-electron chi connectivity index (χ0n) is 14.2. The highest BCUT2D eigenvalue weighted by Crippen LogP contribution is 2.35. The quantitative estimate of drug-likeness (QED) is 0.541. The van der Waals surface area contributed by atoms with Crippen LogP contribution in [0.2, 0.25) is 0 Å². The number of hydrogen-bond donors (Lipinski definition) is 0. The normalized spacial score (nSPS) is 12.3. The monoisotopic (exact) mass is 378 g/mol. The molecule has 0 amide bonds. The van der Waals surface area contributed by atoms with Gasteiger partial charge in [-0.2, -0.15) is 14.8 Å². The molecule has 0 atom stereocenters. The minimum atomic E-state index is -0.404. The molecule has 0 saturated heterocycles. The Bertz CT molecular complexity index is 1230. The van der Waals surface area contributed by atoms with E-state index < -0.39 is 5.82 Å². The van der Waals surface area contributed by atoms with Gasteiger partial charge in [-0.3, -0.25) is 4.79 Å².